The van der Waals surface area contributed by atoms with Gasteiger partial charge in [-0.1, -0.05) is 35.0 Å². The smallest absolute Gasteiger partial charge is 0.260 e. The molecule has 6 heteroatoms. The van der Waals surface area contributed by atoms with Crippen molar-refractivity contribution >= 4 is 17.5 Å². The third-order valence-corrected chi connectivity index (χ3v) is 4.67. The number of likely N-dealkylation sites (tertiary alicyclic amines) is 1. The summed E-state index contributed by atoms with van der Waals surface area (Å²) in [6, 6.07) is 13.0. The molecule has 1 unspecified atom stereocenters. The van der Waals surface area contributed by atoms with E-state index < -0.39 is 0 Å². The summed E-state index contributed by atoms with van der Waals surface area (Å²) in [5.41, 5.74) is 2.10. The second-order valence-corrected chi connectivity index (χ2v) is 6.43. The highest BCUT2D eigenvalue weighted by molar-refractivity contribution is 6.30. The van der Waals surface area contributed by atoms with Crippen molar-refractivity contribution < 1.29 is 9.32 Å². The van der Waals surface area contributed by atoms with Crippen LogP contribution in [-0.2, 0) is 0 Å². The lowest BCUT2D eigenvalue weighted by molar-refractivity contribution is 0.0733. The molecule has 0 spiro atoms. The SMILES string of the molecule is O=C(c1cnoc1-c1cccc(Cl)c1)N1CCCC1c1ccccn1. The molecule has 25 heavy (non-hydrogen) atoms. The van der Waals surface area contributed by atoms with Gasteiger partial charge in [0.25, 0.3) is 5.91 Å². The molecule has 3 heterocycles. The van der Waals surface area contributed by atoms with Gasteiger partial charge in [-0.3, -0.25) is 9.78 Å². The van der Waals surface area contributed by atoms with Gasteiger partial charge < -0.3 is 9.42 Å². The number of benzene rings is 1. The molecule has 126 valence electrons. The monoisotopic (exact) mass is 353 g/mol. The van der Waals surface area contributed by atoms with Gasteiger partial charge in [0.2, 0.25) is 0 Å². The number of rotatable bonds is 3. The number of carbonyl (C=O) groups excluding carboxylic acids is 1. The predicted octanol–water partition coefficient (Wildman–Crippen LogP) is 4.37. The third kappa shape index (κ3) is 3.03. The van der Waals surface area contributed by atoms with Crippen LogP contribution in [0.1, 0.15) is 34.9 Å². The zero-order chi connectivity index (χ0) is 17.2. The van der Waals surface area contributed by atoms with Crippen LogP contribution in [0, 0.1) is 0 Å². The summed E-state index contributed by atoms with van der Waals surface area (Å²) >= 11 is 6.06. The molecule has 1 aliphatic rings. The maximum Gasteiger partial charge on any atom is 0.260 e. The first-order valence-corrected chi connectivity index (χ1v) is 8.54. The normalized spacial score (nSPS) is 17.0. The summed E-state index contributed by atoms with van der Waals surface area (Å²) < 4.78 is 5.36. The van der Waals surface area contributed by atoms with Gasteiger partial charge in [-0.25, -0.2) is 0 Å². The first-order chi connectivity index (χ1) is 12.2. The van der Waals surface area contributed by atoms with Crippen LogP contribution in [0.25, 0.3) is 11.3 Å². The molecule has 0 aliphatic carbocycles. The van der Waals surface area contributed by atoms with E-state index in [1.165, 1.54) is 6.20 Å². The summed E-state index contributed by atoms with van der Waals surface area (Å²) in [4.78, 5) is 19.4. The number of hydrogen-bond acceptors (Lipinski definition) is 4. The number of aromatic nitrogens is 2. The van der Waals surface area contributed by atoms with Gasteiger partial charge in [0.15, 0.2) is 5.76 Å². The second kappa shape index (κ2) is 6.69. The van der Waals surface area contributed by atoms with Gasteiger partial charge in [0.05, 0.1) is 17.9 Å². The van der Waals surface area contributed by atoms with Crippen LogP contribution in [0.5, 0.6) is 0 Å². The fraction of sp³-hybridized carbons (Fsp3) is 0.211. The first kappa shape index (κ1) is 15.8. The lowest BCUT2D eigenvalue weighted by atomic mass is 10.1. The Labute approximate surface area is 150 Å². The van der Waals surface area contributed by atoms with Gasteiger partial charge in [0, 0.05) is 23.3 Å². The number of halogens is 1. The van der Waals surface area contributed by atoms with Gasteiger partial charge in [-0.05, 0) is 37.1 Å². The summed E-state index contributed by atoms with van der Waals surface area (Å²) in [5, 5.41) is 4.42. The van der Waals surface area contributed by atoms with Crippen LogP contribution in [0.2, 0.25) is 5.02 Å². The number of amides is 1. The Balaban J connectivity index is 1.67. The zero-order valence-electron chi connectivity index (χ0n) is 13.4. The minimum atomic E-state index is -0.0932. The van der Waals surface area contributed by atoms with Crippen LogP contribution >= 0.6 is 11.6 Å². The van der Waals surface area contributed by atoms with Gasteiger partial charge >= 0.3 is 0 Å². The molecular weight excluding hydrogens is 338 g/mol. The fourth-order valence-electron chi connectivity index (χ4n) is 3.27. The molecule has 1 atom stereocenters. The molecule has 3 aromatic rings. The molecule has 2 aromatic heterocycles. The lowest BCUT2D eigenvalue weighted by Crippen LogP contribution is -2.31. The summed E-state index contributed by atoms with van der Waals surface area (Å²) in [6.45, 7) is 0.695. The van der Waals surface area contributed by atoms with Crippen LogP contribution in [0.3, 0.4) is 0 Å². The highest BCUT2D eigenvalue weighted by Crippen LogP contribution is 2.34. The van der Waals surface area contributed by atoms with Gasteiger partial charge in [-0.2, -0.15) is 0 Å². The number of hydrogen-bond donors (Lipinski definition) is 0. The minimum absolute atomic E-state index is 0.0178. The maximum absolute atomic E-state index is 13.1. The van der Waals surface area contributed by atoms with E-state index in [2.05, 4.69) is 10.1 Å². The highest BCUT2D eigenvalue weighted by Gasteiger charge is 2.33. The highest BCUT2D eigenvalue weighted by atomic mass is 35.5. The van der Waals surface area contributed by atoms with Crippen molar-refractivity contribution in [3.8, 4) is 11.3 Å². The van der Waals surface area contributed by atoms with E-state index in [9.17, 15) is 4.79 Å². The number of nitrogens with zero attached hydrogens (tertiary/aromatic N) is 3. The largest absolute Gasteiger partial charge is 0.355 e. The van der Waals surface area contributed by atoms with E-state index in [0.29, 0.717) is 22.9 Å². The number of carbonyl (C=O) groups is 1. The fourth-order valence-corrected chi connectivity index (χ4v) is 3.47. The molecule has 1 saturated heterocycles. The Hall–Kier alpha value is -2.66. The van der Waals surface area contributed by atoms with Gasteiger partial charge in [-0.15, -0.1) is 0 Å². The van der Waals surface area contributed by atoms with Crippen LogP contribution in [-0.4, -0.2) is 27.5 Å². The van der Waals surface area contributed by atoms with Crippen molar-refractivity contribution in [2.24, 2.45) is 0 Å². The van der Waals surface area contributed by atoms with Crippen molar-refractivity contribution in [1.29, 1.82) is 0 Å². The van der Waals surface area contributed by atoms with E-state index in [-0.39, 0.29) is 11.9 Å². The van der Waals surface area contributed by atoms with Crippen molar-refractivity contribution in [2.75, 3.05) is 6.54 Å². The maximum atomic E-state index is 13.1. The lowest BCUT2D eigenvalue weighted by Gasteiger charge is -2.24. The number of pyridine rings is 1. The standard InChI is InChI=1S/C19H16ClN3O2/c20-14-6-3-5-13(11-14)18-15(12-22-25-18)19(24)23-10-4-8-17(23)16-7-1-2-9-21-16/h1-3,5-7,9,11-12,17H,4,8,10H2. The Morgan fingerprint density at radius 3 is 2.96 bits per heavy atom. The third-order valence-electron chi connectivity index (χ3n) is 4.43. The summed E-state index contributed by atoms with van der Waals surface area (Å²) in [5.74, 6) is 0.351. The Kier molecular flexibility index (Phi) is 4.24. The molecule has 1 fully saturated rings. The Bertz CT molecular complexity index is 894. The Morgan fingerprint density at radius 2 is 2.16 bits per heavy atom. The van der Waals surface area contributed by atoms with E-state index in [1.807, 2.05) is 35.2 Å². The summed E-state index contributed by atoms with van der Waals surface area (Å²) in [6.07, 6.45) is 5.09. The van der Waals surface area contributed by atoms with E-state index in [0.717, 1.165) is 24.1 Å². The Morgan fingerprint density at radius 1 is 1.24 bits per heavy atom. The molecule has 0 bridgehead atoms. The molecule has 1 aromatic carbocycles. The van der Waals surface area contributed by atoms with E-state index in [4.69, 9.17) is 16.1 Å². The van der Waals surface area contributed by atoms with Crippen molar-refractivity contribution in [3.05, 3.63) is 71.1 Å². The van der Waals surface area contributed by atoms with E-state index >= 15 is 0 Å². The second-order valence-electron chi connectivity index (χ2n) is 5.99. The van der Waals surface area contributed by atoms with E-state index in [1.54, 1.807) is 18.3 Å². The quantitative estimate of drug-likeness (QED) is 0.701. The molecule has 0 N–H and O–H groups in total. The van der Waals surface area contributed by atoms with Crippen LogP contribution in [0.4, 0.5) is 0 Å². The van der Waals surface area contributed by atoms with Crippen molar-refractivity contribution in [2.45, 2.75) is 18.9 Å². The first-order valence-electron chi connectivity index (χ1n) is 8.16. The molecule has 0 radical (unpaired) electrons. The minimum Gasteiger partial charge on any atom is -0.355 e. The average Bonchev–Trinajstić information content (AvgIpc) is 3.31. The van der Waals surface area contributed by atoms with Crippen molar-refractivity contribution in [1.82, 2.24) is 15.0 Å². The van der Waals surface area contributed by atoms with Crippen LogP contribution in [0.15, 0.2) is 59.4 Å². The molecule has 1 amide bonds. The molecule has 1 aliphatic heterocycles. The average molecular weight is 354 g/mol. The summed E-state index contributed by atoms with van der Waals surface area (Å²) in [7, 11) is 0. The molecule has 0 saturated carbocycles. The topological polar surface area (TPSA) is 59.2 Å². The van der Waals surface area contributed by atoms with Crippen molar-refractivity contribution in [3.63, 3.8) is 0 Å². The molecular formula is C19H16ClN3O2. The zero-order valence-corrected chi connectivity index (χ0v) is 14.2. The predicted molar refractivity (Wildman–Crippen MR) is 94.2 cm³/mol. The van der Waals surface area contributed by atoms with Gasteiger partial charge in [0.1, 0.15) is 5.56 Å². The molecule has 5 nitrogen and oxygen atoms in total. The molecule has 4 rings (SSSR count). The van der Waals surface area contributed by atoms with Crippen LogP contribution < -0.4 is 0 Å².